The summed E-state index contributed by atoms with van der Waals surface area (Å²) < 4.78 is 13.9. The summed E-state index contributed by atoms with van der Waals surface area (Å²) in [5.41, 5.74) is 4.91. The van der Waals surface area contributed by atoms with Crippen LogP contribution in [0.25, 0.3) is 33.5 Å². The molecular weight excluding hydrogens is 391 g/mol. The van der Waals surface area contributed by atoms with Crippen LogP contribution >= 0.6 is 11.6 Å². The summed E-state index contributed by atoms with van der Waals surface area (Å²) >= 11 is 5.85. The third-order valence-electron chi connectivity index (χ3n) is 4.75. The Hall–Kier alpha value is -3.45. The zero-order chi connectivity index (χ0) is 19.8. The van der Waals surface area contributed by atoms with Crippen molar-refractivity contribution in [2.45, 2.75) is 6.42 Å². The lowest BCUT2D eigenvalue weighted by atomic mass is 10.2. The van der Waals surface area contributed by atoms with Crippen LogP contribution in [-0.4, -0.2) is 31.7 Å². The summed E-state index contributed by atoms with van der Waals surface area (Å²) in [5.74, 6) is 0.0796. The minimum atomic E-state index is -0.489. The van der Waals surface area contributed by atoms with Gasteiger partial charge in [0, 0.05) is 35.9 Å². The average molecular weight is 407 g/mol. The minimum Gasteiger partial charge on any atom is -0.385 e. The first-order valence-corrected chi connectivity index (χ1v) is 9.52. The fourth-order valence-corrected chi connectivity index (χ4v) is 3.47. The second kappa shape index (κ2) is 7.18. The first kappa shape index (κ1) is 17.6. The molecule has 8 heteroatoms. The first-order chi connectivity index (χ1) is 14.2. The van der Waals surface area contributed by atoms with Crippen LogP contribution in [0.15, 0.2) is 54.7 Å². The van der Waals surface area contributed by atoms with Crippen LogP contribution in [0.4, 0.5) is 10.1 Å². The zero-order valence-electron chi connectivity index (χ0n) is 15.2. The van der Waals surface area contributed by atoms with Crippen LogP contribution in [0, 0.1) is 5.82 Å². The molecule has 0 aliphatic carbocycles. The number of aromatic nitrogens is 5. The monoisotopic (exact) mass is 406 g/mol. The van der Waals surface area contributed by atoms with Crippen molar-refractivity contribution in [1.29, 1.82) is 0 Å². The molecule has 6 nitrogen and oxygen atoms in total. The molecule has 0 atom stereocenters. The van der Waals surface area contributed by atoms with E-state index in [-0.39, 0.29) is 5.02 Å². The van der Waals surface area contributed by atoms with E-state index in [2.05, 4.69) is 30.5 Å². The molecule has 0 spiro atoms. The normalized spacial score (nSPS) is 11.4. The lowest BCUT2D eigenvalue weighted by molar-refractivity contribution is 0.630. The molecule has 2 aromatic carbocycles. The largest absolute Gasteiger partial charge is 0.385 e. The number of fused-ring (bicyclic) bond motifs is 2. The van der Waals surface area contributed by atoms with E-state index in [9.17, 15) is 4.39 Å². The third kappa shape index (κ3) is 3.40. The maximum absolute atomic E-state index is 13.9. The lowest BCUT2D eigenvalue weighted by Crippen LogP contribution is -2.05. The van der Waals surface area contributed by atoms with E-state index in [1.165, 1.54) is 12.1 Å². The number of hydrogen-bond acceptors (Lipinski definition) is 4. The van der Waals surface area contributed by atoms with Crippen molar-refractivity contribution in [2.75, 3.05) is 11.9 Å². The molecule has 0 unspecified atom stereocenters. The van der Waals surface area contributed by atoms with Crippen molar-refractivity contribution in [2.24, 2.45) is 0 Å². The Morgan fingerprint density at radius 2 is 2.00 bits per heavy atom. The summed E-state index contributed by atoms with van der Waals surface area (Å²) in [6.07, 6.45) is 2.63. The summed E-state index contributed by atoms with van der Waals surface area (Å²) in [6, 6.07) is 14.7. The fourth-order valence-electron chi connectivity index (χ4n) is 3.30. The molecule has 144 valence electrons. The van der Waals surface area contributed by atoms with Gasteiger partial charge in [-0.25, -0.2) is 9.37 Å². The molecule has 0 fully saturated rings. The molecule has 0 amide bonds. The van der Waals surface area contributed by atoms with E-state index in [1.807, 2.05) is 36.4 Å². The number of nitrogens with one attached hydrogen (secondary N) is 3. The number of hydrogen-bond donors (Lipinski definition) is 3. The predicted molar refractivity (Wildman–Crippen MR) is 113 cm³/mol. The van der Waals surface area contributed by atoms with Crippen molar-refractivity contribution in [3.05, 3.63) is 71.3 Å². The van der Waals surface area contributed by atoms with Crippen LogP contribution in [0.2, 0.25) is 5.02 Å². The highest BCUT2D eigenvalue weighted by molar-refractivity contribution is 6.31. The van der Waals surface area contributed by atoms with Gasteiger partial charge in [-0.05, 0) is 42.5 Å². The first-order valence-electron chi connectivity index (χ1n) is 9.14. The Balaban J connectivity index is 1.40. The van der Waals surface area contributed by atoms with Gasteiger partial charge in [0.15, 0.2) is 5.82 Å². The van der Waals surface area contributed by atoms with E-state index < -0.39 is 5.82 Å². The number of pyridine rings is 1. The molecule has 0 radical (unpaired) electrons. The second-order valence-electron chi connectivity index (χ2n) is 6.70. The summed E-state index contributed by atoms with van der Waals surface area (Å²) in [4.78, 5) is 12.2. The number of imidazole rings is 1. The maximum Gasteiger partial charge on any atom is 0.159 e. The third-order valence-corrected chi connectivity index (χ3v) is 5.04. The topological polar surface area (TPSA) is 82.3 Å². The number of H-pyrrole nitrogens is 2. The average Bonchev–Trinajstić information content (AvgIpc) is 3.32. The van der Waals surface area contributed by atoms with Crippen molar-refractivity contribution >= 4 is 39.2 Å². The van der Waals surface area contributed by atoms with Crippen LogP contribution in [0.1, 0.15) is 5.69 Å². The Kier molecular flexibility index (Phi) is 4.37. The lowest BCUT2D eigenvalue weighted by Gasteiger charge is -2.05. The molecule has 5 rings (SSSR count). The van der Waals surface area contributed by atoms with Crippen molar-refractivity contribution < 1.29 is 4.39 Å². The highest BCUT2D eigenvalue weighted by Crippen LogP contribution is 2.30. The number of nitrogens with zero attached hydrogens (tertiary/aromatic N) is 3. The number of halogens is 2. The number of benzene rings is 2. The van der Waals surface area contributed by atoms with Gasteiger partial charge in [-0.15, -0.1) is 0 Å². The summed E-state index contributed by atoms with van der Waals surface area (Å²) in [6.45, 7) is 0.771. The molecule has 3 aromatic heterocycles. The smallest absolute Gasteiger partial charge is 0.159 e. The molecular formula is C21H16ClFN6. The number of aromatic amines is 2. The molecule has 3 N–H and O–H groups in total. The van der Waals surface area contributed by atoms with Gasteiger partial charge in [-0.1, -0.05) is 17.7 Å². The van der Waals surface area contributed by atoms with Gasteiger partial charge < -0.3 is 10.3 Å². The summed E-state index contributed by atoms with van der Waals surface area (Å²) in [7, 11) is 0. The zero-order valence-corrected chi connectivity index (χ0v) is 16.0. The van der Waals surface area contributed by atoms with Gasteiger partial charge in [0.2, 0.25) is 0 Å². The minimum absolute atomic E-state index is 0.0544. The van der Waals surface area contributed by atoms with E-state index in [4.69, 9.17) is 11.6 Å². The quantitative estimate of drug-likeness (QED) is 0.385. The highest BCUT2D eigenvalue weighted by Gasteiger charge is 2.15. The van der Waals surface area contributed by atoms with E-state index >= 15 is 0 Å². The molecule has 29 heavy (non-hydrogen) atoms. The van der Waals surface area contributed by atoms with E-state index in [0.717, 1.165) is 35.4 Å². The molecule has 0 saturated heterocycles. The van der Waals surface area contributed by atoms with Crippen LogP contribution in [0.5, 0.6) is 0 Å². The maximum atomic E-state index is 13.9. The van der Waals surface area contributed by atoms with E-state index in [1.54, 1.807) is 6.20 Å². The standard InChI is InChI=1S/C21H16ClFN6/c22-15-11-18-14(10-16(15)23)20(29-28-18)21-26-17-5-4-13(9-19(17)27-21)25-8-6-12-3-1-2-7-24-12/h1-5,7,9-11,25H,6,8H2,(H,26,27)(H,28,29). The molecule has 5 aromatic rings. The van der Waals surface area contributed by atoms with Gasteiger partial charge in [0.05, 0.1) is 21.6 Å². The SMILES string of the molecule is Fc1cc2c(-c3nc4ccc(NCCc5ccccn5)cc4[nH]3)n[nH]c2cc1Cl. The Labute approximate surface area is 170 Å². The van der Waals surface area contributed by atoms with Crippen LogP contribution in [-0.2, 0) is 6.42 Å². The number of rotatable bonds is 5. The van der Waals surface area contributed by atoms with Gasteiger partial charge >= 0.3 is 0 Å². The van der Waals surface area contributed by atoms with Crippen molar-refractivity contribution in [3.8, 4) is 11.5 Å². The molecule has 0 aliphatic rings. The van der Waals surface area contributed by atoms with E-state index in [0.29, 0.717) is 22.4 Å². The van der Waals surface area contributed by atoms with Gasteiger partial charge in [-0.2, -0.15) is 5.10 Å². The van der Waals surface area contributed by atoms with Gasteiger partial charge in [0.25, 0.3) is 0 Å². The Bertz CT molecular complexity index is 1310. The Morgan fingerprint density at radius 1 is 1.07 bits per heavy atom. The molecule has 0 aliphatic heterocycles. The van der Waals surface area contributed by atoms with Gasteiger partial charge in [-0.3, -0.25) is 10.1 Å². The van der Waals surface area contributed by atoms with Crippen molar-refractivity contribution in [3.63, 3.8) is 0 Å². The molecule has 3 heterocycles. The predicted octanol–water partition coefficient (Wildman–Crippen LogP) is 4.95. The Morgan fingerprint density at radius 3 is 2.86 bits per heavy atom. The van der Waals surface area contributed by atoms with Gasteiger partial charge in [0.1, 0.15) is 11.5 Å². The number of anilines is 1. The van der Waals surface area contributed by atoms with Crippen LogP contribution in [0.3, 0.4) is 0 Å². The van der Waals surface area contributed by atoms with Crippen LogP contribution < -0.4 is 5.32 Å². The fraction of sp³-hybridized carbons (Fsp3) is 0.0952. The molecule has 0 bridgehead atoms. The molecule has 0 saturated carbocycles. The summed E-state index contributed by atoms with van der Waals surface area (Å²) in [5, 5.41) is 11.2. The second-order valence-corrected chi connectivity index (χ2v) is 7.11. The van der Waals surface area contributed by atoms with Crippen molar-refractivity contribution in [1.82, 2.24) is 25.1 Å². The highest BCUT2D eigenvalue weighted by atomic mass is 35.5.